The maximum absolute atomic E-state index is 12.0. The summed E-state index contributed by atoms with van der Waals surface area (Å²) < 4.78 is 0. The molecule has 0 bridgehead atoms. The van der Waals surface area contributed by atoms with Gasteiger partial charge in [0.15, 0.2) is 0 Å². The van der Waals surface area contributed by atoms with Gasteiger partial charge in [0.25, 0.3) is 5.24 Å². The Morgan fingerprint density at radius 2 is 1.71 bits per heavy atom. The monoisotopic (exact) mass is 334 g/mol. The molecule has 0 aliphatic heterocycles. The Morgan fingerprint density at radius 3 is 2.46 bits per heavy atom. The molecule has 3 nitrogen and oxygen atoms in total. The molecule has 0 radical (unpaired) electrons. The molecule has 0 spiro atoms. The zero-order valence-corrected chi connectivity index (χ0v) is 14.5. The normalized spacial score (nSPS) is 11.1. The van der Waals surface area contributed by atoms with Gasteiger partial charge in [-0.25, -0.2) is 4.98 Å². The van der Waals surface area contributed by atoms with Crippen molar-refractivity contribution in [3.8, 4) is 0 Å². The predicted octanol–water partition coefficient (Wildman–Crippen LogP) is 5.18. The van der Waals surface area contributed by atoms with Crippen molar-refractivity contribution in [1.82, 2.24) is 9.88 Å². The van der Waals surface area contributed by atoms with Gasteiger partial charge < -0.3 is 4.90 Å². The van der Waals surface area contributed by atoms with E-state index in [1.807, 2.05) is 42.5 Å². The average molecular weight is 334 g/mol. The summed E-state index contributed by atoms with van der Waals surface area (Å²) in [6.07, 6.45) is 4.15. The van der Waals surface area contributed by atoms with Gasteiger partial charge in [0, 0.05) is 19.5 Å². The van der Waals surface area contributed by atoms with Crippen LogP contribution >= 0.6 is 11.8 Å². The average Bonchev–Trinajstić information content (AvgIpc) is 2.60. The minimum atomic E-state index is -0.0317. The highest BCUT2D eigenvalue weighted by atomic mass is 32.2. The largest absolute Gasteiger partial charge is 0.339 e. The van der Waals surface area contributed by atoms with Crippen LogP contribution in [0.2, 0.25) is 0 Å². The first kappa shape index (κ1) is 16.3. The molecule has 3 aromatic rings. The zero-order valence-electron chi connectivity index (χ0n) is 13.6. The topological polar surface area (TPSA) is 33.2 Å². The molecular weight excluding hydrogens is 316 g/mol. The number of carbonyl (C=O) groups excluding carboxylic acids is 1. The maximum Gasteiger partial charge on any atom is 0.287 e. The van der Waals surface area contributed by atoms with Crippen molar-refractivity contribution >= 4 is 40.1 Å². The van der Waals surface area contributed by atoms with Crippen LogP contribution in [0.1, 0.15) is 11.1 Å². The molecule has 1 aromatic heterocycles. The second-order valence-corrected chi connectivity index (χ2v) is 6.54. The Bertz CT molecular complexity index is 889. The third kappa shape index (κ3) is 3.84. The van der Waals surface area contributed by atoms with Crippen molar-refractivity contribution in [2.24, 2.45) is 0 Å². The van der Waals surface area contributed by atoms with Crippen LogP contribution < -0.4 is 0 Å². The first-order valence-electron chi connectivity index (χ1n) is 7.65. The fourth-order valence-electron chi connectivity index (χ4n) is 2.30. The number of rotatable bonds is 3. The van der Waals surface area contributed by atoms with E-state index in [0.29, 0.717) is 5.03 Å². The number of hydrogen-bond donors (Lipinski definition) is 0. The van der Waals surface area contributed by atoms with Crippen LogP contribution in [0.15, 0.2) is 65.7 Å². The Balaban J connectivity index is 2.01. The van der Waals surface area contributed by atoms with Gasteiger partial charge in [-0.3, -0.25) is 4.79 Å². The summed E-state index contributed by atoms with van der Waals surface area (Å²) in [4.78, 5) is 18.1. The van der Waals surface area contributed by atoms with Gasteiger partial charge in [0.05, 0.1) is 5.52 Å². The summed E-state index contributed by atoms with van der Waals surface area (Å²) >= 11 is 1.14. The molecule has 3 rings (SSSR count). The van der Waals surface area contributed by atoms with Crippen LogP contribution in [0.5, 0.6) is 0 Å². The van der Waals surface area contributed by atoms with E-state index in [1.165, 1.54) is 0 Å². The summed E-state index contributed by atoms with van der Waals surface area (Å²) in [5.41, 5.74) is 3.08. The molecule has 0 unspecified atom stereocenters. The second-order valence-electron chi connectivity index (χ2n) is 5.57. The van der Waals surface area contributed by atoms with Crippen LogP contribution in [0.25, 0.3) is 23.1 Å². The summed E-state index contributed by atoms with van der Waals surface area (Å²) in [5, 5.41) is 1.75. The van der Waals surface area contributed by atoms with Crippen LogP contribution in [0.4, 0.5) is 4.79 Å². The molecule has 1 amide bonds. The van der Waals surface area contributed by atoms with Gasteiger partial charge in [-0.1, -0.05) is 60.7 Å². The van der Waals surface area contributed by atoms with E-state index >= 15 is 0 Å². The lowest BCUT2D eigenvalue weighted by atomic mass is 10.1. The summed E-state index contributed by atoms with van der Waals surface area (Å²) in [7, 11) is 3.49. The number of carbonyl (C=O) groups is 1. The SMILES string of the molecule is CN(C)C(=O)Sc1cc(/C=C/c2ccccc2)c2ccccc2n1. The third-order valence-corrected chi connectivity index (χ3v) is 4.49. The summed E-state index contributed by atoms with van der Waals surface area (Å²) in [6, 6.07) is 20.1. The van der Waals surface area contributed by atoms with Gasteiger partial charge in [0.1, 0.15) is 5.03 Å². The Morgan fingerprint density at radius 1 is 1.00 bits per heavy atom. The molecule has 2 aromatic carbocycles. The molecule has 0 atom stereocenters. The highest BCUT2D eigenvalue weighted by Crippen LogP contribution is 2.26. The van der Waals surface area contributed by atoms with E-state index in [-0.39, 0.29) is 5.24 Å². The Labute approximate surface area is 146 Å². The molecule has 0 saturated heterocycles. The fraction of sp³-hybridized carbons (Fsp3) is 0.100. The molecule has 0 N–H and O–H groups in total. The highest BCUT2D eigenvalue weighted by Gasteiger charge is 2.10. The van der Waals surface area contributed by atoms with Gasteiger partial charge in [-0.15, -0.1) is 0 Å². The van der Waals surface area contributed by atoms with Crippen LogP contribution in [0.3, 0.4) is 0 Å². The fourth-order valence-corrected chi connectivity index (χ4v) is 2.99. The number of benzene rings is 2. The molecule has 0 saturated carbocycles. The zero-order chi connectivity index (χ0) is 16.9. The number of thioether (sulfide) groups is 1. The standard InChI is InChI=1S/C20H18N2OS/c1-22(2)20(23)24-19-14-16(13-12-15-8-4-3-5-9-15)17-10-6-7-11-18(17)21-19/h3-14H,1-2H3/b13-12+. The lowest BCUT2D eigenvalue weighted by molar-refractivity contribution is 0.241. The van der Waals surface area contributed by atoms with Gasteiger partial charge in [0.2, 0.25) is 0 Å². The minimum Gasteiger partial charge on any atom is -0.339 e. The van der Waals surface area contributed by atoms with E-state index < -0.39 is 0 Å². The Hall–Kier alpha value is -2.59. The van der Waals surface area contributed by atoms with E-state index in [4.69, 9.17) is 0 Å². The van der Waals surface area contributed by atoms with E-state index in [2.05, 4.69) is 35.3 Å². The molecule has 24 heavy (non-hydrogen) atoms. The number of nitrogens with zero attached hydrogens (tertiary/aromatic N) is 2. The molecular formula is C20H18N2OS. The van der Waals surface area contributed by atoms with Crippen molar-refractivity contribution in [3.05, 3.63) is 71.8 Å². The van der Waals surface area contributed by atoms with Crippen LogP contribution in [-0.4, -0.2) is 29.2 Å². The van der Waals surface area contributed by atoms with E-state index in [9.17, 15) is 4.79 Å². The predicted molar refractivity (Wildman–Crippen MR) is 102 cm³/mol. The van der Waals surface area contributed by atoms with Gasteiger partial charge in [-0.2, -0.15) is 0 Å². The van der Waals surface area contributed by atoms with Crippen LogP contribution in [-0.2, 0) is 0 Å². The molecule has 0 fully saturated rings. The summed E-state index contributed by atoms with van der Waals surface area (Å²) in [5.74, 6) is 0. The van der Waals surface area contributed by atoms with Crippen molar-refractivity contribution < 1.29 is 4.79 Å². The van der Waals surface area contributed by atoms with E-state index in [1.54, 1.807) is 19.0 Å². The number of aromatic nitrogens is 1. The van der Waals surface area contributed by atoms with Crippen LogP contribution in [0, 0.1) is 0 Å². The third-order valence-electron chi connectivity index (χ3n) is 3.54. The second kappa shape index (κ2) is 7.32. The highest BCUT2D eigenvalue weighted by molar-refractivity contribution is 8.13. The molecule has 0 aliphatic carbocycles. The smallest absolute Gasteiger partial charge is 0.287 e. The van der Waals surface area contributed by atoms with Crippen molar-refractivity contribution in [2.75, 3.05) is 14.1 Å². The Kier molecular flexibility index (Phi) is 4.96. The number of para-hydroxylation sites is 1. The number of amides is 1. The minimum absolute atomic E-state index is 0.0317. The number of pyridine rings is 1. The maximum atomic E-state index is 12.0. The summed E-state index contributed by atoms with van der Waals surface area (Å²) in [6.45, 7) is 0. The first-order chi connectivity index (χ1) is 11.6. The van der Waals surface area contributed by atoms with Crippen molar-refractivity contribution in [2.45, 2.75) is 5.03 Å². The molecule has 0 aliphatic rings. The molecule has 120 valence electrons. The lowest BCUT2D eigenvalue weighted by Gasteiger charge is -2.10. The molecule has 4 heteroatoms. The lowest BCUT2D eigenvalue weighted by Crippen LogP contribution is -2.16. The number of fused-ring (bicyclic) bond motifs is 1. The quantitative estimate of drug-likeness (QED) is 0.619. The molecule has 1 heterocycles. The van der Waals surface area contributed by atoms with E-state index in [0.717, 1.165) is 33.8 Å². The van der Waals surface area contributed by atoms with Gasteiger partial charge in [-0.05, 0) is 35.0 Å². The van der Waals surface area contributed by atoms with Crippen molar-refractivity contribution in [3.63, 3.8) is 0 Å². The number of hydrogen-bond acceptors (Lipinski definition) is 3. The van der Waals surface area contributed by atoms with Crippen molar-refractivity contribution in [1.29, 1.82) is 0 Å². The first-order valence-corrected chi connectivity index (χ1v) is 8.47. The van der Waals surface area contributed by atoms with Gasteiger partial charge >= 0.3 is 0 Å².